The van der Waals surface area contributed by atoms with Crippen molar-refractivity contribution in [1.29, 1.82) is 0 Å². The summed E-state index contributed by atoms with van der Waals surface area (Å²) in [5.41, 5.74) is 1.16. The van der Waals surface area contributed by atoms with Crippen LogP contribution in [0.4, 0.5) is 0 Å². The molecule has 26 heavy (non-hydrogen) atoms. The average molecular weight is 496 g/mol. The van der Waals surface area contributed by atoms with Crippen LogP contribution in [-0.4, -0.2) is 50.5 Å². The number of ether oxygens (including phenoxy) is 2. The second-order valence-corrected chi connectivity index (χ2v) is 8.17. The molecule has 1 saturated heterocycles. The molecule has 1 aliphatic rings. The monoisotopic (exact) mass is 496 g/mol. The molecule has 8 heteroatoms. The molecule has 1 aromatic heterocycles. The molecule has 2 rings (SSSR count). The maximum atomic E-state index is 5.66. The molecule has 1 fully saturated rings. The van der Waals surface area contributed by atoms with E-state index in [4.69, 9.17) is 9.47 Å². The molecule has 150 valence electrons. The van der Waals surface area contributed by atoms with Crippen LogP contribution in [0.25, 0.3) is 0 Å². The second kappa shape index (κ2) is 12.1. The Labute approximate surface area is 178 Å². The first-order chi connectivity index (χ1) is 12.0. The summed E-state index contributed by atoms with van der Waals surface area (Å²) in [6.45, 7) is 10.4. The molecule has 1 aliphatic heterocycles. The van der Waals surface area contributed by atoms with Crippen molar-refractivity contribution in [1.82, 2.24) is 15.6 Å². The number of nitrogens with one attached hydrogen (secondary N) is 2. The fraction of sp³-hybridized carbons (Fsp3) is 0.778. The lowest BCUT2D eigenvalue weighted by Gasteiger charge is -2.14. The highest BCUT2D eigenvalue weighted by molar-refractivity contribution is 14.0. The zero-order valence-electron chi connectivity index (χ0n) is 16.3. The van der Waals surface area contributed by atoms with Crippen LogP contribution < -0.4 is 10.6 Å². The molecule has 0 amide bonds. The number of aromatic nitrogens is 1. The van der Waals surface area contributed by atoms with Crippen LogP contribution in [-0.2, 0) is 21.4 Å². The summed E-state index contributed by atoms with van der Waals surface area (Å²) in [6, 6.07) is 0. The van der Waals surface area contributed by atoms with Gasteiger partial charge in [-0.2, -0.15) is 0 Å². The maximum Gasteiger partial charge on any atom is 0.191 e. The van der Waals surface area contributed by atoms with E-state index in [1.54, 1.807) is 18.4 Å². The number of nitrogens with zero attached hydrogens (tertiary/aromatic N) is 2. The van der Waals surface area contributed by atoms with Gasteiger partial charge in [0, 0.05) is 37.6 Å². The lowest BCUT2D eigenvalue weighted by atomic mass is 9.98. The molecule has 1 aromatic rings. The van der Waals surface area contributed by atoms with Gasteiger partial charge < -0.3 is 20.1 Å². The van der Waals surface area contributed by atoms with Gasteiger partial charge in [0.2, 0.25) is 0 Å². The molecule has 0 spiro atoms. The fourth-order valence-electron chi connectivity index (χ4n) is 2.50. The Kier molecular flexibility index (Phi) is 11.0. The third-order valence-electron chi connectivity index (χ3n) is 3.94. The molecule has 1 atom stereocenters. The van der Waals surface area contributed by atoms with Gasteiger partial charge in [0.05, 0.1) is 30.0 Å². The van der Waals surface area contributed by atoms with E-state index < -0.39 is 0 Å². The van der Waals surface area contributed by atoms with Crippen molar-refractivity contribution in [3.05, 3.63) is 16.1 Å². The summed E-state index contributed by atoms with van der Waals surface area (Å²) in [6.07, 6.45) is 3.53. The van der Waals surface area contributed by atoms with Gasteiger partial charge in [-0.05, 0) is 19.3 Å². The molecule has 2 heterocycles. The average Bonchev–Trinajstić information content (AvgIpc) is 3.24. The first-order valence-electron chi connectivity index (χ1n) is 9.08. The Morgan fingerprint density at radius 1 is 1.42 bits per heavy atom. The number of hydrogen-bond donors (Lipinski definition) is 2. The molecule has 0 saturated carbocycles. The summed E-state index contributed by atoms with van der Waals surface area (Å²) in [4.78, 5) is 8.94. The lowest BCUT2D eigenvalue weighted by Crippen LogP contribution is -2.37. The SMILES string of the molecule is CN=C(NCCCOCC1CCCO1)NCc1csc(C(C)(C)C)n1.I. The highest BCUT2D eigenvalue weighted by atomic mass is 127. The third kappa shape index (κ3) is 8.49. The normalized spacial score (nSPS) is 17.8. The zero-order chi connectivity index (χ0) is 18.1. The Morgan fingerprint density at radius 2 is 2.23 bits per heavy atom. The van der Waals surface area contributed by atoms with E-state index in [-0.39, 0.29) is 29.4 Å². The smallest absolute Gasteiger partial charge is 0.191 e. The van der Waals surface area contributed by atoms with Crippen molar-refractivity contribution in [2.24, 2.45) is 4.99 Å². The van der Waals surface area contributed by atoms with Crippen LogP contribution in [0.2, 0.25) is 0 Å². The number of hydrogen-bond acceptors (Lipinski definition) is 5. The van der Waals surface area contributed by atoms with E-state index in [2.05, 4.69) is 46.8 Å². The predicted octanol–water partition coefficient (Wildman–Crippen LogP) is 3.31. The summed E-state index contributed by atoms with van der Waals surface area (Å²) < 4.78 is 11.2. The van der Waals surface area contributed by atoms with Gasteiger partial charge in [0.25, 0.3) is 0 Å². The first-order valence-corrected chi connectivity index (χ1v) is 9.96. The summed E-state index contributed by atoms with van der Waals surface area (Å²) in [5, 5.41) is 9.89. The predicted molar refractivity (Wildman–Crippen MR) is 119 cm³/mol. The zero-order valence-corrected chi connectivity index (χ0v) is 19.5. The van der Waals surface area contributed by atoms with E-state index in [1.165, 1.54) is 0 Å². The van der Waals surface area contributed by atoms with Gasteiger partial charge in [-0.15, -0.1) is 35.3 Å². The number of guanidine groups is 1. The second-order valence-electron chi connectivity index (χ2n) is 7.31. The van der Waals surface area contributed by atoms with Gasteiger partial charge in [-0.1, -0.05) is 20.8 Å². The number of thiazole rings is 1. The van der Waals surface area contributed by atoms with Gasteiger partial charge in [0.1, 0.15) is 0 Å². The third-order valence-corrected chi connectivity index (χ3v) is 5.26. The van der Waals surface area contributed by atoms with Crippen LogP contribution >= 0.6 is 35.3 Å². The van der Waals surface area contributed by atoms with Crippen LogP contribution in [0.1, 0.15) is 50.7 Å². The van der Waals surface area contributed by atoms with E-state index >= 15 is 0 Å². The molecule has 0 aliphatic carbocycles. The van der Waals surface area contributed by atoms with Gasteiger partial charge in [-0.25, -0.2) is 4.98 Å². The maximum absolute atomic E-state index is 5.66. The quantitative estimate of drug-likeness (QED) is 0.250. The van der Waals surface area contributed by atoms with Crippen LogP contribution in [0.15, 0.2) is 10.4 Å². The summed E-state index contributed by atoms with van der Waals surface area (Å²) in [7, 11) is 1.78. The number of halogens is 1. The topological polar surface area (TPSA) is 67.8 Å². The van der Waals surface area contributed by atoms with Crippen LogP contribution in [0.5, 0.6) is 0 Å². The van der Waals surface area contributed by atoms with Crippen molar-refractivity contribution in [2.45, 2.75) is 58.1 Å². The Morgan fingerprint density at radius 3 is 2.85 bits per heavy atom. The minimum atomic E-state index is 0. The van der Waals surface area contributed by atoms with E-state index in [1.807, 2.05) is 0 Å². The Hall–Kier alpha value is -0.450. The van der Waals surface area contributed by atoms with E-state index in [0.717, 1.165) is 55.7 Å². The van der Waals surface area contributed by atoms with Crippen molar-refractivity contribution in [3.63, 3.8) is 0 Å². The fourth-order valence-corrected chi connectivity index (χ4v) is 3.41. The highest BCUT2D eigenvalue weighted by Crippen LogP contribution is 2.25. The number of aliphatic imine (C=N–C) groups is 1. The van der Waals surface area contributed by atoms with E-state index in [0.29, 0.717) is 19.3 Å². The molecule has 6 nitrogen and oxygen atoms in total. The highest BCUT2D eigenvalue weighted by Gasteiger charge is 2.18. The summed E-state index contributed by atoms with van der Waals surface area (Å²) in [5.74, 6) is 0.796. The molecule has 1 unspecified atom stereocenters. The Bertz CT molecular complexity index is 540. The van der Waals surface area contributed by atoms with Gasteiger partial charge in [0.15, 0.2) is 5.96 Å². The molecule has 0 radical (unpaired) electrons. The lowest BCUT2D eigenvalue weighted by molar-refractivity contribution is 0.0168. The van der Waals surface area contributed by atoms with Crippen molar-refractivity contribution in [3.8, 4) is 0 Å². The van der Waals surface area contributed by atoms with E-state index in [9.17, 15) is 0 Å². The van der Waals surface area contributed by atoms with Crippen LogP contribution in [0, 0.1) is 0 Å². The molecular weight excluding hydrogens is 463 g/mol. The standard InChI is InChI=1S/C18H32N4O2S.HI/c1-18(2,3)16-22-14(13-25-16)11-21-17(19-4)20-8-6-9-23-12-15-7-5-10-24-15;/h13,15H,5-12H2,1-4H3,(H2,19,20,21);1H. The van der Waals surface area contributed by atoms with Crippen molar-refractivity contribution < 1.29 is 9.47 Å². The largest absolute Gasteiger partial charge is 0.379 e. The molecular formula is C18H33IN4O2S. The summed E-state index contributed by atoms with van der Waals surface area (Å²) >= 11 is 1.71. The minimum absolute atomic E-state index is 0. The number of rotatable bonds is 8. The van der Waals surface area contributed by atoms with Crippen molar-refractivity contribution in [2.75, 3.05) is 33.4 Å². The molecule has 2 N–H and O–H groups in total. The molecule has 0 bridgehead atoms. The van der Waals surface area contributed by atoms with Gasteiger partial charge >= 0.3 is 0 Å². The van der Waals surface area contributed by atoms with Crippen LogP contribution in [0.3, 0.4) is 0 Å². The first kappa shape index (κ1) is 23.6. The Balaban J connectivity index is 0.00000338. The van der Waals surface area contributed by atoms with Gasteiger partial charge in [-0.3, -0.25) is 4.99 Å². The molecule has 0 aromatic carbocycles. The minimum Gasteiger partial charge on any atom is -0.379 e. The van der Waals surface area contributed by atoms with Crippen molar-refractivity contribution >= 4 is 41.3 Å².